The summed E-state index contributed by atoms with van der Waals surface area (Å²) in [6.45, 7) is 0.686. The Bertz CT molecular complexity index is 779. The normalized spacial score (nSPS) is 33.5. The topological polar surface area (TPSA) is 130 Å². The van der Waals surface area contributed by atoms with Gasteiger partial charge in [-0.05, 0) is 25.1 Å². The first kappa shape index (κ1) is 16.9. The van der Waals surface area contributed by atoms with Crippen molar-refractivity contribution in [3.05, 3.63) is 40.8 Å². The van der Waals surface area contributed by atoms with Crippen LogP contribution in [-0.4, -0.2) is 57.2 Å². The standard InChI is InChI=1S/C16H18O8/c1-16(21)11(7-17)24-15(13(19)14(16)20)22-9-4-2-8-3-5-12(18)23-10(8)6-9/h2-6,11,13-15,17,19-21H,7H2,1H3/t11-,13+,14-,15+,16-/m1/s1. The van der Waals surface area contributed by atoms with Gasteiger partial charge in [-0.15, -0.1) is 0 Å². The highest BCUT2D eigenvalue weighted by atomic mass is 16.7. The molecule has 2 heterocycles. The first-order valence-electron chi connectivity index (χ1n) is 7.38. The van der Waals surface area contributed by atoms with Gasteiger partial charge in [0.1, 0.15) is 35.2 Å². The molecule has 0 aliphatic carbocycles. The number of fused-ring (bicyclic) bond motifs is 1. The lowest BCUT2D eigenvalue weighted by Gasteiger charge is -2.45. The number of hydrogen-bond donors (Lipinski definition) is 4. The summed E-state index contributed by atoms with van der Waals surface area (Å²) in [5.41, 5.74) is -2.05. The third-order valence-corrected chi connectivity index (χ3v) is 4.16. The maximum Gasteiger partial charge on any atom is 0.336 e. The zero-order chi connectivity index (χ0) is 17.5. The molecule has 0 bridgehead atoms. The van der Waals surface area contributed by atoms with Crippen LogP contribution in [0.25, 0.3) is 11.0 Å². The predicted octanol–water partition coefficient (Wildman–Crippen LogP) is -0.638. The van der Waals surface area contributed by atoms with E-state index >= 15 is 0 Å². The molecule has 0 spiro atoms. The quantitative estimate of drug-likeness (QED) is 0.544. The number of benzene rings is 1. The first-order valence-corrected chi connectivity index (χ1v) is 7.38. The molecule has 0 saturated carbocycles. The zero-order valence-electron chi connectivity index (χ0n) is 12.8. The summed E-state index contributed by atoms with van der Waals surface area (Å²) in [6.07, 6.45) is -5.57. The summed E-state index contributed by atoms with van der Waals surface area (Å²) in [4.78, 5) is 11.3. The van der Waals surface area contributed by atoms with Crippen LogP contribution in [0.2, 0.25) is 0 Å². The van der Waals surface area contributed by atoms with E-state index in [0.717, 1.165) is 0 Å². The second-order valence-electron chi connectivity index (χ2n) is 5.91. The molecule has 1 aliphatic rings. The molecule has 1 saturated heterocycles. The monoisotopic (exact) mass is 338 g/mol. The maximum atomic E-state index is 11.3. The maximum absolute atomic E-state index is 11.3. The molecule has 3 rings (SSSR count). The summed E-state index contributed by atoms with van der Waals surface area (Å²) in [7, 11) is 0. The molecule has 130 valence electrons. The number of aliphatic hydroxyl groups excluding tert-OH is 3. The van der Waals surface area contributed by atoms with Crippen LogP contribution in [0.15, 0.2) is 39.5 Å². The van der Waals surface area contributed by atoms with Gasteiger partial charge in [0.2, 0.25) is 6.29 Å². The zero-order valence-corrected chi connectivity index (χ0v) is 12.8. The molecule has 2 aromatic rings. The Hall–Kier alpha value is -1.97. The van der Waals surface area contributed by atoms with E-state index in [2.05, 4.69) is 0 Å². The van der Waals surface area contributed by atoms with Gasteiger partial charge >= 0.3 is 5.63 Å². The van der Waals surface area contributed by atoms with Crippen LogP contribution in [0.5, 0.6) is 5.75 Å². The van der Waals surface area contributed by atoms with Crippen molar-refractivity contribution in [2.24, 2.45) is 0 Å². The Morgan fingerprint density at radius 2 is 1.96 bits per heavy atom. The molecule has 24 heavy (non-hydrogen) atoms. The summed E-state index contributed by atoms with van der Waals surface area (Å²) in [5, 5.41) is 40.2. The lowest BCUT2D eigenvalue weighted by molar-refractivity contribution is -0.308. The van der Waals surface area contributed by atoms with Gasteiger partial charge in [-0.2, -0.15) is 0 Å². The van der Waals surface area contributed by atoms with E-state index < -0.39 is 42.4 Å². The van der Waals surface area contributed by atoms with Gasteiger partial charge in [0.15, 0.2) is 0 Å². The lowest BCUT2D eigenvalue weighted by atomic mass is 9.86. The van der Waals surface area contributed by atoms with Crippen LogP contribution in [-0.2, 0) is 4.74 Å². The lowest BCUT2D eigenvalue weighted by Crippen LogP contribution is -2.66. The first-order chi connectivity index (χ1) is 11.3. The minimum atomic E-state index is -1.83. The highest BCUT2D eigenvalue weighted by Gasteiger charge is 2.52. The minimum Gasteiger partial charge on any atom is -0.462 e. The highest BCUT2D eigenvalue weighted by Crippen LogP contribution is 2.31. The Labute approximate surface area is 136 Å². The smallest absolute Gasteiger partial charge is 0.336 e. The van der Waals surface area contributed by atoms with Crippen molar-refractivity contribution in [1.82, 2.24) is 0 Å². The molecule has 1 aromatic heterocycles. The molecule has 4 N–H and O–H groups in total. The van der Waals surface area contributed by atoms with E-state index in [4.69, 9.17) is 13.9 Å². The van der Waals surface area contributed by atoms with Gasteiger partial charge < -0.3 is 34.3 Å². The minimum absolute atomic E-state index is 0.228. The van der Waals surface area contributed by atoms with Crippen molar-refractivity contribution in [3.63, 3.8) is 0 Å². The number of rotatable bonds is 3. The number of aliphatic hydroxyl groups is 4. The fraction of sp³-hybridized carbons (Fsp3) is 0.438. The van der Waals surface area contributed by atoms with E-state index in [0.29, 0.717) is 5.39 Å². The molecule has 1 fully saturated rings. The Morgan fingerprint density at radius 3 is 2.67 bits per heavy atom. The van der Waals surface area contributed by atoms with Gasteiger partial charge in [0.05, 0.1) is 6.61 Å². The Morgan fingerprint density at radius 1 is 1.25 bits per heavy atom. The third kappa shape index (κ3) is 2.90. The van der Waals surface area contributed by atoms with Crippen molar-refractivity contribution in [1.29, 1.82) is 0 Å². The van der Waals surface area contributed by atoms with Crippen LogP contribution >= 0.6 is 0 Å². The van der Waals surface area contributed by atoms with Crippen LogP contribution < -0.4 is 10.4 Å². The van der Waals surface area contributed by atoms with Gasteiger partial charge in [0, 0.05) is 17.5 Å². The Kier molecular flexibility index (Phi) is 4.33. The van der Waals surface area contributed by atoms with Crippen LogP contribution in [0.3, 0.4) is 0 Å². The summed E-state index contributed by atoms with van der Waals surface area (Å²) in [5.74, 6) is 0.228. The molecule has 0 radical (unpaired) electrons. The largest absolute Gasteiger partial charge is 0.462 e. The van der Waals surface area contributed by atoms with E-state index in [-0.39, 0.29) is 11.3 Å². The molecule has 1 aliphatic heterocycles. The summed E-state index contributed by atoms with van der Waals surface area (Å²) >= 11 is 0. The average molecular weight is 338 g/mol. The second kappa shape index (κ2) is 6.15. The highest BCUT2D eigenvalue weighted by molar-refractivity contribution is 5.77. The van der Waals surface area contributed by atoms with E-state index in [1.54, 1.807) is 18.2 Å². The number of ether oxygens (including phenoxy) is 2. The van der Waals surface area contributed by atoms with Gasteiger partial charge in [-0.1, -0.05) is 0 Å². The summed E-state index contributed by atoms with van der Waals surface area (Å²) < 4.78 is 15.9. The molecular weight excluding hydrogens is 320 g/mol. The van der Waals surface area contributed by atoms with Crippen molar-refractivity contribution < 1.29 is 34.3 Å². The molecule has 0 amide bonds. The van der Waals surface area contributed by atoms with Gasteiger partial charge in [-0.25, -0.2) is 4.79 Å². The molecular formula is C16H18O8. The van der Waals surface area contributed by atoms with Gasteiger partial charge in [-0.3, -0.25) is 0 Å². The van der Waals surface area contributed by atoms with Crippen molar-refractivity contribution in [2.45, 2.75) is 37.1 Å². The second-order valence-corrected chi connectivity index (χ2v) is 5.91. The Balaban J connectivity index is 1.86. The van der Waals surface area contributed by atoms with Crippen LogP contribution in [0.1, 0.15) is 6.92 Å². The van der Waals surface area contributed by atoms with E-state index in [1.165, 1.54) is 19.1 Å². The van der Waals surface area contributed by atoms with Crippen molar-refractivity contribution >= 4 is 11.0 Å². The van der Waals surface area contributed by atoms with E-state index in [9.17, 15) is 25.2 Å². The SMILES string of the molecule is C[C@]1(O)[C@H](O)[C@H](O)[C@@H](Oc2ccc3ccc(=O)oc3c2)O[C@@H]1CO. The molecule has 5 atom stereocenters. The molecule has 8 heteroatoms. The fourth-order valence-corrected chi connectivity index (χ4v) is 2.64. The fourth-order valence-electron chi connectivity index (χ4n) is 2.64. The third-order valence-electron chi connectivity index (χ3n) is 4.16. The van der Waals surface area contributed by atoms with Crippen LogP contribution in [0, 0.1) is 0 Å². The van der Waals surface area contributed by atoms with Gasteiger partial charge in [0.25, 0.3) is 0 Å². The average Bonchev–Trinajstić information content (AvgIpc) is 2.55. The predicted molar refractivity (Wildman–Crippen MR) is 81.5 cm³/mol. The van der Waals surface area contributed by atoms with Crippen LogP contribution in [0.4, 0.5) is 0 Å². The molecule has 0 unspecified atom stereocenters. The molecule has 1 aromatic carbocycles. The number of hydrogen-bond acceptors (Lipinski definition) is 8. The van der Waals surface area contributed by atoms with Crippen molar-refractivity contribution in [2.75, 3.05) is 6.61 Å². The summed E-state index contributed by atoms with van der Waals surface area (Å²) in [6, 6.07) is 7.56. The van der Waals surface area contributed by atoms with E-state index in [1.807, 2.05) is 0 Å². The van der Waals surface area contributed by atoms with Crippen molar-refractivity contribution in [3.8, 4) is 5.75 Å². The molecule has 8 nitrogen and oxygen atoms in total.